The second kappa shape index (κ2) is 9.44. The number of carbonyl (C=O) groups is 1. The summed E-state index contributed by atoms with van der Waals surface area (Å²) in [5.74, 6) is 0.899. The SMILES string of the molecule is CCn1c(SCC(=O)N(C)Cc2ccccc2OC)nc2cc3ccccc3cc2c1=O. The predicted molar refractivity (Wildman–Crippen MR) is 129 cm³/mol. The van der Waals surface area contributed by atoms with E-state index in [1.165, 1.54) is 11.8 Å². The molecule has 1 heterocycles. The Morgan fingerprint density at radius 1 is 1.09 bits per heavy atom. The highest BCUT2D eigenvalue weighted by molar-refractivity contribution is 7.99. The molecule has 0 aliphatic rings. The maximum absolute atomic E-state index is 13.1. The van der Waals surface area contributed by atoms with Crippen molar-refractivity contribution < 1.29 is 9.53 Å². The Kier molecular flexibility index (Phi) is 6.46. The Bertz CT molecular complexity index is 1350. The van der Waals surface area contributed by atoms with Crippen molar-refractivity contribution in [2.24, 2.45) is 0 Å². The first-order valence-electron chi connectivity index (χ1n) is 10.4. The molecule has 1 amide bonds. The minimum atomic E-state index is -0.0828. The second-order valence-electron chi connectivity index (χ2n) is 7.51. The van der Waals surface area contributed by atoms with Crippen LogP contribution in [0.2, 0.25) is 0 Å². The number of rotatable bonds is 7. The average Bonchev–Trinajstić information content (AvgIpc) is 2.82. The summed E-state index contributed by atoms with van der Waals surface area (Å²) in [6.45, 7) is 2.85. The zero-order valence-corrected chi connectivity index (χ0v) is 19.2. The molecular formula is C25H25N3O3S. The molecule has 0 saturated carbocycles. The van der Waals surface area contributed by atoms with Crippen LogP contribution in [0.15, 0.2) is 70.6 Å². The number of thioether (sulfide) groups is 1. The molecule has 6 nitrogen and oxygen atoms in total. The average molecular weight is 448 g/mol. The van der Waals surface area contributed by atoms with E-state index < -0.39 is 0 Å². The fourth-order valence-corrected chi connectivity index (χ4v) is 4.69. The van der Waals surface area contributed by atoms with Gasteiger partial charge in [-0.25, -0.2) is 4.98 Å². The van der Waals surface area contributed by atoms with Gasteiger partial charge in [-0.2, -0.15) is 0 Å². The van der Waals surface area contributed by atoms with Gasteiger partial charge in [-0.15, -0.1) is 0 Å². The summed E-state index contributed by atoms with van der Waals surface area (Å²) < 4.78 is 7.01. The molecule has 0 radical (unpaired) electrons. The van der Waals surface area contributed by atoms with Crippen LogP contribution in [0.5, 0.6) is 5.75 Å². The lowest BCUT2D eigenvalue weighted by atomic mass is 10.1. The third-order valence-corrected chi connectivity index (χ3v) is 6.41. The van der Waals surface area contributed by atoms with E-state index >= 15 is 0 Å². The van der Waals surface area contributed by atoms with Crippen LogP contribution in [0.4, 0.5) is 0 Å². The number of aromatic nitrogens is 2. The number of para-hydroxylation sites is 1. The summed E-state index contributed by atoms with van der Waals surface area (Å²) >= 11 is 1.29. The van der Waals surface area contributed by atoms with E-state index in [1.807, 2.05) is 67.6 Å². The Morgan fingerprint density at radius 2 is 1.78 bits per heavy atom. The van der Waals surface area contributed by atoms with Crippen molar-refractivity contribution in [3.63, 3.8) is 0 Å². The molecule has 3 aromatic carbocycles. The first-order valence-corrected chi connectivity index (χ1v) is 11.4. The molecule has 0 unspecified atom stereocenters. The standard InChI is InChI=1S/C25H25N3O3S/c1-4-28-24(30)20-13-17-9-5-6-10-18(17)14-21(20)26-25(28)32-16-23(29)27(2)15-19-11-7-8-12-22(19)31-3/h5-14H,4,15-16H2,1-3H3. The lowest BCUT2D eigenvalue weighted by molar-refractivity contribution is -0.127. The minimum absolute atomic E-state index is 0.0450. The summed E-state index contributed by atoms with van der Waals surface area (Å²) in [7, 11) is 3.39. The quantitative estimate of drug-likeness (QED) is 0.240. The molecule has 32 heavy (non-hydrogen) atoms. The smallest absolute Gasteiger partial charge is 0.262 e. The highest BCUT2D eigenvalue weighted by atomic mass is 32.2. The maximum atomic E-state index is 13.1. The lowest BCUT2D eigenvalue weighted by Gasteiger charge is -2.19. The van der Waals surface area contributed by atoms with Crippen LogP contribution in [0, 0.1) is 0 Å². The fourth-order valence-electron chi connectivity index (χ4n) is 3.69. The number of benzene rings is 3. The highest BCUT2D eigenvalue weighted by Gasteiger charge is 2.16. The largest absolute Gasteiger partial charge is 0.496 e. The van der Waals surface area contributed by atoms with E-state index in [9.17, 15) is 9.59 Å². The predicted octanol–water partition coefficient (Wildman–Crippen LogP) is 4.33. The maximum Gasteiger partial charge on any atom is 0.262 e. The molecule has 0 atom stereocenters. The molecular weight excluding hydrogens is 422 g/mol. The van der Waals surface area contributed by atoms with E-state index in [4.69, 9.17) is 9.72 Å². The monoisotopic (exact) mass is 447 g/mol. The van der Waals surface area contributed by atoms with Gasteiger partial charge in [-0.05, 0) is 35.9 Å². The molecule has 1 aromatic heterocycles. The van der Waals surface area contributed by atoms with Gasteiger partial charge >= 0.3 is 0 Å². The molecule has 0 aliphatic carbocycles. The molecule has 164 valence electrons. The Labute approximate surface area is 190 Å². The summed E-state index contributed by atoms with van der Waals surface area (Å²) in [6.07, 6.45) is 0. The van der Waals surface area contributed by atoms with E-state index in [1.54, 1.807) is 23.6 Å². The van der Waals surface area contributed by atoms with Gasteiger partial charge in [0.15, 0.2) is 5.16 Å². The van der Waals surface area contributed by atoms with Crippen molar-refractivity contribution in [2.75, 3.05) is 19.9 Å². The highest BCUT2D eigenvalue weighted by Crippen LogP contribution is 2.24. The zero-order valence-electron chi connectivity index (χ0n) is 18.4. The van der Waals surface area contributed by atoms with Crippen molar-refractivity contribution in [1.29, 1.82) is 0 Å². The Hall–Kier alpha value is -3.32. The first-order chi connectivity index (χ1) is 15.5. The third kappa shape index (κ3) is 4.34. The summed E-state index contributed by atoms with van der Waals surface area (Å²) in [6, 6.07) is 19.4. The van der Waals surface area contributed by atoms with Crippen molar-refractivity contribution in [3.05, 3.63) is 76.6 Å². The van der Waals surface area contributed by atoms with E-state index in [0.717, 1.165) is 22.1 Å². The number of carbonyl (C=O) groups excluding carboxylic acids is 1. The number of hydrogen-bond acceptors (Lipinski definition) is 5. The van der Waals surface area contributed by atoms with Gasteiger partial charge in [0.1, 0.15) is 5.75 Å². The van der Waals surface area contributed by atoms with Gasteiger partial charge in [0.25, 0.3) is 5.56 Å². The lowest BCUT2D eigenvalue weighted by Crippen LogP contribution is -2.29. The molecule has 0 bridgehead atoms. The Balaban J connectivity index is 1.57. The molecule has 0 N–H and O–H groups in total. The molecule has 4 aromatic rings. The van der Waals surface area contributed by atoms with Gasteiger partial charge in [0.2, 0.25) is 5.91 Å². The van der Waals surface area contributed by atoms with Crippen LogP contribution in [-0.4, -0.2) is 40.3 Å². The van der Waals surface area contributed by atoms with Gasteiger partial charge in [0.05, 0.1) is 23.8 Å². The Morgan fingerprint density at radius 3 is 2.50 bits per heavy atom. The molecule has 0 aliphatic heterocycles. The van der Waals surface area contributed by atoms with Crippen LogP contribution < -0.4 is 10.3 Å². The number of methoxy groups -OCH3 is 1. The summed E-state index contributed by atoms with van der Waals surface area (Å²) in [4.78, 5) is 32.3. The third-order valence-electron chi connectivity index (χ3n) is 5.45. The van der Waals surface area contributed by atoms with Gasteiger partial charge in [-0.3, -0.25) is 14.2 Å². The number of ether oxygens (including phenoxy) is 1. The van der Waals surface area contributed by atoms with Crippen LogP contribution in [0.3, 0.4) is 0 Å². The molecule has 0 spiro atoms. The first kappa shape index (κ1) is 21.9. The van der Waals surface area contributed by atoms with Crippen molar-refractivity contribution in [3.8, 4) is 5.75 Å². The van der Waals surface area contributed by atoms with Crippen LogP contribution >= 0.6 is 11.8 Å². The van der Waals surface area contributed by atoms with E-state index in [0.29, 0.717) is 29.1 Å². The van der Waals surface area contributed by atoms with Crippen LogP contribution in [0.1, 0.15) is 12.5 Å². The number of amides is 1. The van der Waals surface area contributed by atoms with Crippen molar-refractivity contribution in [1.82, 2.24) is 14.5 Å². The van der Waals surface area contributed by atoms with Gasteiger partial charge in [-0.1, -0.05) is 54.2 Å². The molecule has 0 fully saturated rings. The summed E-state index contributed by atoms with van der Waals surface area (Å²) in [5, 5.41) is 3.19. The second-order valence-corrected chi connectivity index (χ2v) is 8.45. The van der Waals surface area contributed by atoms with Crippen molar-refractivity contribution >= 4 is 39.3 Å². The van der Waals surface area contributed by atoms with Crippen LogP contribution in [-0.2, 0) is 17.9 Å². The van der Waals surface area contributed by atoms with E-state index in [-0.39, 0.29) is 17.2 Å². The normalized spacial score (nSPS) is 11.1. The minimum Gasteiger partial charge on any atom is -0.496 e. The molecule has 4 rings (SSSR count). The summed E-state index contributed by atoms with van der Waals surface area (Å²) in [5.41, 5.74) is 1.51. The fraction of sp³-hybridized carbons (Fsp3) is 0.240. The van der Waals surface area contributed by atoms with Crippen LogP contribution in [0.25, 0.3) is 21.7 Å². The molecule has 0 saturated heterocycles. The van der Waals surface area contributed by atoms with Gasteiger partial charge < -0.3 is 9.64 Å². The van der Waals surface area contributed by atoms with Gasteiger partial charge in [0, 0.05) is 25.7 Å². The zero-order chi connectivity index (χ0) is 22.7. The number of fused-ring (bicyclic) bond motifs is 2. The number of nitrogens with zero attached hydrogens (tertiary/aromatic N) is 3. The topological polar surface area (TPSA) is 64.4 Å². The number of hydrogen-bond donors (Lipinski definition) is 0. The van der Waals surface area contributed by atoms with E-state index in [2.05, 4.69) is 0 Å². The van der Waals surface area contributed by atoms with Crippen molar-refractivity contribution in [2.45, 2.75) is 25.2 Å². The molecule has 7 heteroatoms.